The van der Waals surface area contributed by atoms with Crippen LogP contribution in [-0.2, 0) is 16.4 Å². The molecule has 0 unspecified atom stereocenters. The molecule has 1 nitrogen and oxygen atoms in total. The number of alkyl halides is 9. The average Bonchev–Trinajstić information content (AvgIpc) is 2.90. The van der Waals surface area contributed by atoms with Crippen LogP contribution in [0.3, 0.4) is 0 Å². The van der Waals surface area contributed by atoms with Gasteiger partial charge >= 0.3 is 0 Å². The first-order valence-electron chi connectivity index (χ1n) is 12.3. The number of hydrogen-bond acceptors (Lipinski definition) is 1. The van der Waals surface area contributed by atoms with Gasteiger partial charge in [0.25, 0.3) is 0 Å². The molecule has 0 atom stereocenters. The predicted molar refractivity (Wildman–Crippen MR) is 172 cm³/mol. The Kier molecular flexibility index (Phi) is 11.5. The Morgan fingerprint density at radius 1 is 0.590 bits per heavy atom. The molecule has 39 heavy (non-hydrogen) atoms. The second kappa shape index (κ2) is 13.3. The van der Waals surface area contributed by atoms with Crippen molar-refractivity contribution in [3.63, 3.8) is 0 Å². The van der Waals surface area contributed by atoms with E-state index in [9.17, 15) is 5.11 Å². The van der Waals surface area contributed by atoms with Gasteiger partial charge in [-0.1, -0.05) is 209 Å². The first kappa shape index (κ1) is 33.7. The van der Waals surface area contributed by atoms with Gasteiger partial charge < -0.3 is 5.11 Å². The van der Waals surface area contributed by atoms with Gasteiger partial charge in [-0.3, -0.25) is 0 Å². The largest absolute Gasteiger partial charge is 0.376 e. The summed E-state index contributed by atoms with van der Waals surface area (Å²) >= 11 is 58.8. The fourth-order valence-corrected chi connectivity index (χ4v) is 6.88. The van der Waals surface area contributed by atoms with Gasteiger partial charge in [0.1, 0.15) is 5.60 Å². The molecule has 0 saturated carbocycles. The minimum absolute atomic E-state index is 0.166. The SMILES string of the molecule is CCCCCCc1cccc(C(Cl)(Cl)C(Cl)(Cl)C(Cl)(Cl)C(Cl)(Cl)Cl)c1C(O)(c1ccccc1)c1ccccc1. The topological polar surface area (TPSA) is 20.2 Å². The Morgan fingerprint density at radius 3 is 1.56 bits per heavy atom. The zero-order valence-corrected chi connectivity index (χ0v) is 27.7. The Labute approximate surface area is 275 Å². The molecule has 0 aliphatic carbocycles. The summed E-state index contributed by atoms with van der Waals surface area (Å²) in [4.78, 5) is 0. The lowest BCUT2D eigenvalue weighted by Gasteiger charge is -2.46. The maximum atomic E-state index is 12.8. The third-order valence-corrected chi connectivity index (χ3v) is 12.1. The maximum absolute atomic E-state index is 12.8. The Hall–Kier alpha value is 0.230. The van der Waals surface area contributed by atoms with E-state index in [1.807, 2.05) is 66.7 Å². The first-order valence-corrected chi connectivity index (χ1v) is 15.7. The maximum Gasteiger partial charge on any atom is 0.226 e. The van der Waals surface area contributed by atoms with Crippen LogP contribution in [0.2, 0.25) is 0 Å². The molecule has 212 valence electrons. The standard InChI is InChI=1S/C29H27Cl9O/c1-2-3-4-7-13-20-14-12-19-23(26(30,31)27(32,33)28(34,35)29(36,37)38)24(20)25(39,21-15-8-5-9-16-21)22-17-10-6-11-18-22/h5-6,8-12,14-19,39H,2-4,7,13H2,1H3. The van der Waals surface area contributed by atoms with Crippen LogP contribution < -0.4 is 0 Å². The summed E-state index contributed by atoms with van der Waals surface area (Å²) in [7, 11) is 0. The average molecular weight is 711 g/mol. The van der Waals surface area contributed by atoms with Crippen molar-refractivity contribution >= 4 is 104 Å². The van der Waals surface area contributed by atoms with E-state index in [0.717, 1.165) is 31.2 Å². The second-order valence-electron chi connectivity index (χ2n) is 9.31. The number of halogens is 9. The van der Waals surface area contributed by atoms with Crippen molar-refractivity contribution in [2.45, 2.75) is 61.4 Å². The highest BCUT2D eigenvalue weighted by Crippen LogP contribution is 2.66. The van der Waals surface area contributed by atoms with E-state index in [1.165, 1.54) is 0 Å². The lowest BCUT2D eigenvalue weighted by Crippen LogP contribution is -2.55. The minimum Gasteiger partial charge on any atom is -0.376 e. The van der Waals surface area contributed by atoms with Crippen LogP contribution in [0.5, 0.6) is 0 Å². The van der Waals surface area contributed by atoms with Crippen LogP contribution in [0.25, 0.3) is 0 Å². The Balaban J connectivity index is 2.40. The van der Waals surface area contributed by atoms with E-state index in [4.69, 9.17) is 104 Å². The zero-order chi connectivity index (χ0) is 29.1. The van der Waals surface area contributed by atoms with Crippen LogP contribution in [0, 0.1) is 0 Å². The third-order valence-electron chi connectivity index (χ3n) is 6.68. The highest BCUT2D eigenvalue weighted by atomic mass is 35.6. The summed E-state index contributed by atoms with van der Waals surface area (Å²) in [5, 5.41) is 12.8. The Morgan fingerprint density at radius 2 is 1.10 bits per heavy atom. The van der Waals surface area contributed by atoms with Crippen LogP contribution >= 0.6 is 104 Å². The van der Waals surface area contributed by atoms with Crippen LogP contribution in [0.4, 0.5) is 0 Å². The molecular formula is C29H27Cl9O. The van der Waals surface area contributed by atoms with Gasteiger partial charge in [-0.05, 0) is 35.1 Å². The fourth-order valence-electron chi connectivity index (χ4n) is 4.60. The van der Waals surface area contributed by atoms with E-state index in [2.05, 4.69) is 6.92 Å². The monoisotopic (exact) mass is 706 g/mol. The molecule has 0 aliphatic heterocycles. The van der Waals surface area contributed by atoms with Gasteiger partial charge in [0.15, 0.2) is 8.67 Å². The van der Waals surface area contributed by atoms with Crippen molar-refractivity contribution in [2.24, 2.45) is 0 Å². The molecule has 0 radical (unpaired) electrons. The summed E-state index contributed by atoms with van der Waals surface area (Å²) in [6.45, 7) is 2.14. The lowest BCUT2D eigenvalue weighted by molar-refractivity contribution is 0.123. The molecule has 0 aromatic heterocycles. The van der Waals surface area contributed by atoms with Gasteiger partial charge in [-0.25, -0.2) is 0 Å². The van der Waals surface area contributed by atoms with Crippen LogP contribution in [0.1, 0.15) is 60.4 Å². The molecule has 0 bridgehead atoms. The molecule has 0 saturated heterocycles. The normalized spacial score (nSPS) is 13.5. The second-order valence-corrected chi connectivity index (χ2v) is 15.6. The Bertz CT molecular complexity index is 1180. The molecule has 3 rings (SSSR count). The van der Waals surface area contributed by atoms with E-state index >= 15 is 0 Å². The van der Waals surface area contributed by atoms with Crippen LogP contribution in [0.15, 0.2) is 78.9 Å². The van der Waals surface area contributed by atoms with E-state index in [-0.39, 0.29) is 5.56 Å². The molecule has 3 aromatic carbocycles. The highest BCUT2D eigenvalue weighted by Gasteiger charge is 2.69. The molecule has 10 heteroatoms. The quantitative estimate of drug-likeness (QED) is 0.119. The van der Waals surface area contributed by atoms with Crippen molar-refractivity contribution in [2.75, 3.05) is 0 Å². The predicted octanol–water partition coefficient (Wildman–Crippen LogP) is 11.4. The summed E-state index contributed by atoms with van der Waals surface area (Å²) < 4.78 is -9.64. The van der Waals surface area contributed by atoms with Crippen molar-refractivity contribution in [1.29, 1.82) is 0 Å². The number of unbranched alkanes of at least 4 members (excludes halogenated alkanes) is 3. The van der Waals surface area contributed by atoms with Gasteiger partial charge in [0.05, 0.1) is 0 Å². The van der Waals surface area contributed by atoms with Gasteiger partial charge in [0.2, 0.25) is 8.13 Å². The fraction of sp³-hybridized carbons (Fsp3) is 0.379. The van der Waals surface area contributed by atoms with E-state index in [0.29, 0.717) is 23.1 Å². The third kappa shape index (κ3) is 6.59. The molecule has 0 spiro atoms. The summed E-state index contributed by atoms with van der Waals surface area (Å²) in [6.07, 6.45) is 4.61. The van der Waals surface area contributed by atoms with Crippen molar-refractivity contribution in [3.8, 4) is 0 Å². The molecular weight excluding hydrogens is 683 g/mol. The molecule has 3 aromatic rings. The van der Waals surface area contributed by atoms with Crippen molar-refractivity contribution < 1.29 is 5.11 Å². The number of hydrogen-bond donors (Lipinski definition) is 1. The molecule has 1 N–H and O–H groups in total. The van der Waals surface area contributed by atoms with Gasteiger partial charge in [-0.2, -0.15) is 0 Å². The smallest absolute Gasteiger partial charge is 0.226 e. The summed E-state index contributed by atoms with van der Waals surface area (Å²) in [5.74, 6) is 0. The van der Waals surface area contributed by atoms with Gasteiger partial charge in [-0.15, -0.1) is 0 Å². The lowest BCUT2D eigenvalue weighted by atomic mass is 9.74. The first-order chi connectivity index (χ1) is 18.1. The summed E-state index contributed by atoms with van der Waals surface area (Å²) in [6, 6.07) is 23.6. The minimum atomic E-state index is -2.48. The van der Waals surface area contributed by atoms with Crippen molar-refractivity contribution in [3.05, 3.63) is 107 Å². The molecule has 0 amide bonds. The summed E-state index contributed by atoms with van der Waals surface area (Å²) in [5.41, 5.74) is 0.752. The van der Waals surface area contributed by atoms with E-state index < -0.39 is 22.4 Å². The molecule has 0 fully saturated rings. The number of rotatable bonds is 11. The molecule has 0 aliphatic rings. The molecule has 0 heterocycles. The van der Waals surface area contributed by atoms with Gasteiger partial charge in [0, 0.05) is 5.56 Å². The zero-order valence-electron chi connectivity index (χ0n) is 20.9. The van der Waals surface area contributed by atoms with Crippen molar-refractivity contribution in [1.82, 2.24) is 0 Å². The number of aryl methyl sites for hydroxylation is 1. The number of benzene rings is 3. The number of aliphatic hydroxyl groups is 1. The highest BCUT2D eigenvalue weighted by molar-refractivity contribution is 6.80. The van der Waals surface area contributed by atoms with E-state index in [1.54, 1.807) is 12.1 Å². The van der Waals surface area contributed by atoms with Crippen LogP contribution in [-0.4, -0.2) is 17.6 Å².